The molecule has 7 heteroatoms. The number of benzene rings is 1. The van der Waals surface area contributed by atoms with Crippen molar-refractivity contribution >= 4 is 23.3 Å². The maximum Gasteiger partial charge on any atom is 0.312 e. The van der Waals surface area contributed by atoms with Gasteiger partial charge in [0.1, 0.15) is 6.61 Å². The van der Waals surface area contributed by atoms with Crippen LogP contribution in [0.1, 0.15) is 13.8 Å². The summed E-state index contributed by atoms with van der Waals surface area (Å²) in [4.78, 5) is 21.0. The van der Waals surface area contributed by atoms with E-state index in [0.717, 1.165) is 6.07 Å². The summed E-state index contributed by atoms with van der Waals surface area (Å²) >= 11 is 5.65. The summed E-state index contributed by atoms with van der Waals surface area (Å²) in [5, 5.41) is 19.9. The van der Waals surface area contributed by atoms with Gasteiger partial charge in [-0.05, 0) is 26.0 Å². The van der Waals surface area contributed by atoms with E-state index in [4.69, 9.17) is 21.4 Å². The fourth-order valence-electron chi connectivity index (χ4n) is 1.08. The van der Waals surface area contributed by atoms with Gasteiger partial charge in [-0.1, -0.05) is 11.6 Å². The molecular weight excluding hydrogens is 262 g/mol. The number of nitro groups is 1. The Bertz CT molecular complexity index is 486. The van der Waals surface area contributed by atoms with Crippen LogP contribution in [-0.2, 0) is 4.79 Å². The van der Waals surface area contributed by atoms with Crippen molar-refractivity contribution in [2.24, 2.45) is 5.41 Å². The molecule has 0 aliphatic heterocycles. The smallest absolute Gasteiger partial charge is 0.312 e. The van der Waals surface area contributed by atoms with Crippen LogP contribution in [0.2, 0.25) is 5.02 Å². The van der Waals surface area contributed by atoms with E-state index >= 15 is 0 Å². The highest BCUT2D eigenvalue weighted by Crippen LogP contribution is 2.31. The lowest BCUT2D eigenvalue weighted by atomic mass is 9.95. The Morgan fingerprint density at radius 2 is 2.17 bits per heavy atom. The molecule has 6 nitrogen and oxygen atoms in total. The van der Waals surface area contributed by atoms with Gasteiger partial charge in [-0.15, -0.1) is 0 Å². The first kappa shape index (κ1) is 14.2. The minimum absolute atomic E-state index is 0.00118. The van der Waals surface area contributed by atoms with Crippen LogP contribution in [0.15, 0.2) is 18.2 Å². The lowest BCUT2D eigenvalue weighted by molar-refractivity contribution is -0.385. The van der Waals surface area contributed by atoms with Crippen LogP contribution < -0.4 is 4.74 Å². The molecule has 1 rings (SSSR count). The third-order valence-corrected chi connectivity index (χ3v) is 2.52. The molecule has 0 fully saturated rings. The Morgan fingerprint density at radius 1 is 1.56 bits per heavy atom. The Labute approximate surface area is 108 Å². The molecule has 1 aromatic carbocycles. The molecule has 0 amide bonds. The van der Waals surface area contributed by atoms with Gasteiger partial charge in [0.25, 0.3) is 0 Å². The molecule has 1 N–H and O–H groups in total. The van der Waals surface area contributed by atoms with Gasteiger partial charge in [-0.2, -0.15) is 0 Å². The van der Waals surface area contributed by atoms with Crippen molar-refractivity contribution in [3.63, 3.8) is 0 Å². The summed E-state index contributed by atoms with van der Waals surface area (Å²) in [6, 6.07) is 3.95. The zero-order valence-corrected chi connectivity index (χ0v) is 10.6. The number of aliphatic carboxylic acids is 1. The first-order valence-electron chi connectivity index (χ1n) is 5.04. The number of hydrogen-bond donors (Lipinski definition) is 1. The van der Waals surface area contributed by atoms with Gasteiger partial charge in [0, 0.05) is 11.1 Å². The Balaban J connectivity index is 2.92. The number of nitrogens with zero attached hydrogens (tertiary/aromatic N) is 1. The maximum absolute atomic E-state index is 10.9. The number of carbonyl (C=O) groups is 1. The Kier molecular flexibility index (Phi) is 4.13. The van der Waals surface area contributed by atoms with Crippen LogP contribution >= 0.6 is 11.6 Å². The largest absolute Gasteiger partial charge is 0.486 e. The molecule has 18 heavy (non-hydrogen) atoms. The zero-order valence-electron chi connectivity index (χ0n) is 9.84. The van der Waals surface area contributed by atoms with E-state index in [1.165, 1.54) is 26.0 Å². The van der Waals surface area contributed by atoms with Gasteiger partial charge in [0.05, 0.1) is 10.3 Å². The number of nitro benzene ring substituents is 1. The van der Waals surface area contributed by atoms with E-state index in [9.17, 15) is 14.9 Å². The summed E-state index contributed by atoms with van der Waals surface area (Å²) in [6.07, 6.45) is 0. The molecule has 0 saturated carbocycles. The first-order chi connectivity index (χ1) is 8.24. The monoisotopic (exact) mass is 273 g/mol. The van der Waals surface area contributed by atoms with Crippen LogP contribution in [0.5, 0.6) is 5.75 Å². The van der Waals surface area contributed by atoms with Crippen molar-refractivity contribution in [1.29, 1.82) is 0 Å². The number of ether oxygens (including phenoxy) is 1. The molecule has 0 unspecified atom stereocenters. The third kappa shape index (κ3) is 3.33. The second-order valence-corrected chi connectivity index (χ2v) is 4.78. The quantitative estimate of drug-likeness (QED) is 0.658. The molecule has 0 spiro atoms. The van der Waals surface area contributed by atoms with Crippen molar-refractivity contribution in [2.45, 2.75) is 13.8 Å². The fourth-order valence-corrected chi connectivity index (χ4v) is 1.24. The SMILES string of the molecule is CC(C)(COc1ccc(Cl)cc1[N+](=O)[O-])C(=O)O. The van der Waals surface area contributed by atoms with Gasteiger partial charge < -0.3 is 9.84 Å². The maximum atomic E-state index is 10.9. The minimum atomic E-state index is -1.13. The van der Waals surface area contributed by atoms with E-state index in [-0.39, 0.29) is 23.1 Å². The highest BCUT2D eigenvalue weighted by molar-refractivity contribution is 6.30. The summed E-state index contributed by atoms with van der Waals surface area (Å²) in [5.41, 5.74) is -1.42. The van der Waals surface area contributed by atoms with Crippen LogP contribution in [0.25, 0.3) is 0 Å². The second-order valence-electron chi connectivity index (χ2n) is 4.35. The highest BCUT2D eigenvalue weighted by atomic mass is 35.5. The van der Waals surface area contributed by atoms with Crippen molar-refractivity contribution in [2.75, 3.05) is 6.61 Å². The second kappa shape index (κ2) is 5.22. The number of halogens is 1. The number of carboxylic acid groups (broad SMARTS) is 1. The summed E-state index contributed by atoms with van der Waals surface area (Å²) < 4.78 is 5.20. The van der Waals surface area contributed by atoms with Crippen LogP contribution in [-0.4, -0.2) is 22.6 Å². The first-order valence-corrected chi connectivity index (χ1v) is 5.42. The van der Waals surface area contributed by atoms with Crippen molar-refractivity contribution < 1.29 is 19.6 Å². The van der Waals surface area contributed by atoms with Crippen molar-refractivity contribution in [3.8, 4) is 5.75 Å². The minimum Gasteiger partial charge on any atom is -0.486 e. The van der Waals surface area contributed by atoms with E-state index in [1.54, 1.807) is 0 Å². The fraction of sp³-hybridized carbons (Fsp3) is 0.364. The van der Waals surface area contributed by atoms with E-state index in [1.807, 2.05) is 0 Å². The lowest BCUT2D eigenvalue weighted by Gasteiger charge is -2.19. The normalized spacial score (nSPS) is 11.1. The molecule has 0 atom stereocenters. The van der Waals surface area contributed by atoms with Crippen molar-refractivity contribution in [1.82, 2.24) is 0 Å². The summed E-state index contributed by atoms with van der Waals surface area (Å²) in [6.45, 7) is 2.76. The van der Waals surface area contributed by atoms with Gasteiger partial charge in [-0.25, -0.2) is 0 Å². The van der Waals surface area contributed by atoms with Crippen LogP contribution in [0, 0.1) is 15.5 Å². The molecule has 98 valence electrons. The molecule has 0 aliphatic carbocycles. The average Bonchev–Trinajstić information content (AvgIpc) is 2.27. The highest BCUT2D eigenvalue weighted by Gasteiger charge is 2.29. The molecule has 0 aromatic heterocycles. The average molecular weight is 274 g/mol. The number of carboxylic acids is 1. The molecule has 0 heterocycles. The number of rotatable bonds is 5. The van der Waals surface area contributed by atoms with Crippen LogP contribution in [0.3, 0.4) is 0 Å². The topological polar surface area (TPSA) is 89.7 Å². The summed E-state index contributed by atoms with van der Waals surface area (Å²) in [5.74, 6) is -1.04. The predicted octanol–water partition coefficient (Wildman–Crippen LogP) is 2.74. The molecule has 0 radical (unpaired) electrons. The van der Waals surface area contributed by atoms with E-state index in [0.29, 0.717) is 0 Å². The molecule has 1 aromatic rings. The van der Waals surface area contributed by atoms with E-state index < -0.39 is 16.3 Å². The summed E-state index contributed by atoms with van der Waals surface area (Å²) in [7, 11) is 0. The third-order valence-electron chi connectivity index (χ3n) is 2.29. The van der Waals surface area contributed by atoms with Gasteiger partial charge in [0.15, 0.2) is 5.75 Å². The lowest BCUT2D eigenvalue weighted by Crippen LogP contribution is -2.30. The molecule has 0 saturated heterocycles. The zero-order chi connectivity index (χ0) is 13.9. The van der Waals surface area contributed by atoms with Gasteiger partial charge in [0.2, 0.25) is 0 Å². The predicted molar refractivity (Wildman–Crippen MR) is 65.0 cm³/mol. The van der Waals surface area contributed by atoms with Crippen molar-refractivity contribution in [3.05, 3.63) is 33.3 Å². The standard InChI is InChI=1S/C11H12ClNO5/c1-11(2,10(14)15)6-18-9-4-3-7(12)5-8(9)13(16)17/h3-5H,6H2,1-2H3,(H,14,15). The van der Waals surface area contributed by atoms with Crippen LogP contribution in [0.4, 0.5) is 5.69 Å². The Morgan fingerprint density at radius 3 is 2.67 bits per heavy atom. The van der Waals surface area contributed by atoms with E-state index in [2.05, 4.69) is 0 Å². The molecule has 0 aliphatic rings. The van der Waals surface area contributed by atoms with Gasteiger partial charge in [-0.3, -0.25) is 14.9 Å². The Hall–Kier alpha value is -1.82. The number of hydrogen-bond acceptors (Lipinski definition) is 4. The molecular formula is C11H12ClNO5. The van der Waals surface area contributed by atoms with Gasteiger partial charge >= 0.3 is 11.7 Å². The molecule has 0 bridgehead atoms.